The second-order valence-corrected chi connectivity index (χ2v) is 7.15. The molecule has 0 heterocycles. The molecule has 0 atom stereocenters. The second-order valence-electron chi connectivity index (χ2n) is 7.15. The van der Waals surface area contributed by atoms with Gasteiger partial charge in [0.2, 0.25) is 0 Å². The van der Waals surface area contributed by atoms with Crippen molar-refractivity contribution in [3.05, 3.63) is 35.6 Å². The minimum Gasteiger partial charge on any atom is -0.390 e. The van der Waals surface area contributed by atoms with Crippen LogP contribution in [0.5, 0.6) is 0 Å². The summed E-state index contributed by atoms with van der Waals surface area (Å²) in [4.78, 5) is 0. The fraction of sp³-hybridized carbons (Fsp3) is 0.667. The summed E-state index contributed by atoms with van der Waals surface area (Å²) in [7, 11) is 0. The molecule has 1 aliphatic carbocycles. The molecule has 112 valence electrons. The molecule has 20 heavy (non-hydrogen) atoms. The zero-order chi connectivity index (χ0) is 14.8. The molecule has 2 heteroatoms. The predicted molar refractivity (Wildman–Crippen MR) is 81.1 cm³/mol. The van der Waals surface area contributed by atoms with Crippen molar-refractivity contribution in [2.75, 3.05) is 0 Å². The first-order valence-electron chi connectivity index (χ1n) is 7.81. The first-order chi connectivity index (χ1) is 9.35. The Labute approximate surface area is 122 Å². The van der Waals surface area contributed by atoms with E-state index in [-0.39, 0.29) is 5.82 Å². The summed E-state index contributed by atoms with van der Waals surface area (Å²) >= 11 is 0. The molecule has 1 aromatic rings. The average molecular weight is 278 g/mol. The topological polar surface area (TPSA) is 20.2 Å². The van der Waals surface area contributed by atoms with Crippen LogP contribution < -0.4 is 0 Å². The highest BCUT2D eigenvalue weighted by atomic mass is 19.1. The lowest BCUT2D eigenvalue weighted by molar-refractivity contribution is -0.0276. The van der Waals surface area contributed by atoms with Crippen LogP contribution in [0.1, 0.15) is 58.4 Å². The van der Waals surface area contributed by atoms with Crippen LogP contribution in [0.3, 0.4) is 0 Å². The highest BCUT2D eigenvalue weighted by Gasteiger charge is 2.38. The molecule has 0 bridgehead atoms. The van der Waals surface area contributed by atoms with Gasteiger partial charge in [-0.25, -0.2) is 4.39 Å². The van der Waals surface area contributed by atoms with Gasteiger partial charge in [0.15, 0.2) is 0 Å². The first kappa shape index (κ1) is 15.5. The van der Waals surface area contributed by atoms with Gasteiger partial charge in [0.1, 0.15) is 5.82 Å². The Morgan fingerprint density at radius 3 is 2.50 bits per heavy atom. The molecule has 1 fully saturated rings. The number of benzene rings is 1. The first-order valence-corrected chi connectivity index (χ1v) is 7.81. The van der Waals surface area contributed by atoms with Crippen LogP contribution in [-0.4, -0.2) is 10.7 Å². The van der Waals surface area contributed by atoms with Gasteiger partial charge < -0.3 is 5.11 Å². The van der Waals surface area contributed by atoms with Crippen LogP contribution in [-0.2, 0) is 6.42 Å². The molecule has 0 amide bonds. The van der Waals surface area contributed by atoms with Crippen molar-refractivity contribution in [2.24, 2.45) is 11.3 Å². The number of rotatable bonds is 4. The third-order valence-electron chi connectivity index (χ3n) is 5.35. The monoisotopic (exact) mass is 278 g/mol. The molecule has 0 aliphatic heterocycles. The highest BCUT2D eigenvalue weighted by molar-refractivity contribution is 5.18. The van der Waals surface area contributed by atoms with E-state index in [1.54, 1.807) is 12.1 Å². The summed E-state index contributed by atoms with van der Waals surface area (Å²) in [6.45, 7) is 6.90. The molecular formula is C18H27FO. The molecule has 1 aromatic carbocycles. The van der Waals surface area contributed by atoms with Gasteiger partial charge in [0.05, 0.1) is 5.60 Å². The highest BCUT2D eigenvalue weighted by Crippen LogP contribution is 2.44. The van der Waals surface area contributed by atoms with E-state index in [0.717, 1.165) is 31.2 Å². The lowest BCUT2D eigenvalue weighted by atomic mass is 9.65. The summed E-state index contributed by atoms with van der Waals surface area (Å²) in [5, 5.41) is 10.7. The molecular weight excluding hydrogens is 251 g/mol. The summed E-state index contributed by atoms with van der Waals surface area (Å²) < 4.78 is 13.2. The van der Waals surface area contributed by atoms with Crippen molar-refractivity contribution in [1.82, 2.24) is 0 Å². The quantitative estimate of drug-likeness (QED) is 0.844. The molecule has 2 rings (SSSR count). The van der Waals surface area contributed by atoms with Crippen LogP contribution in [0.25, 0.3) is 0 Å². The van der Waals surface area contributed by atoms with E-state index in [1.165, 1.54) is 12.5 Å². The molecule has 1 nitrogen and oxygen atoms in total. The number of hydrogen-bond donors (Lipinski definition) is 1. The Bertz CT molecular complexity index is 444. The molecule has 1 aliphatic rings. The van der Waals surface area contributed by atoms with Crippen LogP contribution in [0.4, 0.5) is 4.39 Å². The minimum atomic E-state index is -0.645. The van der Waals surface area contributed by atoms with Crippen molar-refractivity contribution in [2.45, 2.75) is 64.9 Å². The van der Waals surface area contributed by atoms with Crippen molar-refractivity contribution < 1.29 is 9.50 Å². The zero-order valence-corrected chi connectivity index (χ0v) is 13.0. The van der Waals surface area contributed by atoms with E-state index in [1.807, 2.05) is 6.07 Å². The number of halogens is 1. The summed E-state index contributed by atoms with van der Waals surface area (Å²) in [6, 6.07) is 6.62. The van der Waals surface area contributed by atoms with Gasteiger partial charge >= 0.3 is 0 Å². The van der Waals surface area contributed by atoms with Crippen LogP contribution >= 0.6 is 0 Å². The minimum absolute atomic E-state index is 0.216. The van der Waals surface area contributed by atoms with Crippen molar-refractivity contribution in [3.8, 4) is 0 Å². The maximum atomic E-state index is 13.2. The Balaban J connectivity index is 1.98. The van der Waals surface area contributed by atoms with Gasteiger partial charge in [0.25, 0.3) is 0 Å². The molecule has 1 saturated carbocycles. The number of hydrogen-bond acceptors (Lipinski definition) is 1. The van der Waals surface area contributed by atoms with Crippen LogP contribution in [0.2, 0.25) is 0 Å². The van der Waals surface area contributed by atoms with Gasteiger partial charge in [-0.05, 0) is 54.7 Å². The molecule has 0 spiro atoms. The number of aliphatic hydroxyl groups is 1. The molecule has 0 radical (unpaired) electrons. The Hall–Kier alpha value is -0.890. The lowest BCUT2D eigenvalue weighted by Gasteiger charge is -2.42. The van der Waals surface area contributed by atoms with E-state index >= 15 is 0 Å². The Morgan fingerprint density at radius 1 is 1.30 bits per heavy atom. The van der Waals surface area contributed by atoms with Gasteiger partial charge in [-0.1, -0.05) is 39.3 Å². The summed E-state index contributed by atoms with van der Waals surface area (Å²) in [5.41, 5.74) is 0.620. The van der Waals surface area contributed by atoms with E-state index in [0.29, 0.717) is 17.8 Å². The van der Waals surface area contributed by atoms with Gasteiger partial charge in [0, 0.05) is 6.42 Å². The van der Waals surface area contributed by atoms with Crippen molar-refractivity contribution in [1.29, 1.82) is 0 Å². The third-order valence-corrected chi connectivity index (χ3v) is 5.35. The molecule has 0 saturated heterocycles. The maximum absolute atomic E-state index is 13.2. The average Bonchev–Trinajstić information content (AvgIpc) is 2.39. The van der Waals surface area contributed by atoms with E-state index in [9.17, 15) is 9.50 Å². The fourth-order valence-corrected chi connectivity index (χ4v) is 3.43. The fourth-order valence-electron chi connectivity index (χ4n) is 3.43. The van der Waals surface area contributed by atoms with Crippen LogP contribution in [0.15, 0.2) is 24.3 Å². The third kappa shape index (κ3) is 3.60. The SMILES string of the molecule is CCC(C)(C)C1CCC(O)(Cc2cccc(F)c2)CC1. The van der Waals surface area contributed by atoms with E-state index in [4.69, 9.17) is 0 Å². The van der Waals surface area contributed by atoms with Crippen LogP contribution in [0, 0.1) is 17.2 Å². The predicted octanol–water partition coefficient (Wildman–Crippen LogP) is 4.73. The van der Waals surface area contributed by atoms with Gasteiger partial charge in [-0.2, -0.15) is 0 Å². The lowest BCUT2D eigenvalue weighted by Crippen LogP contribution is -2.39. The smallest absolute Gasteiger partial charge is 0.123 e. The van der Waals surface area contributed by atoms with Crippen molar-refractivity contribution in [3.63, 3.8) is 0 Å². The standard InChI is InChI=1S/C18H27FO/c1-4-17(2,3)15-8-10-18(20,11-9-15)13-14-6-5-7-16(19)12-14/h5-7,12,15,20H,4,8-11,13H2,1-3H3. The van der Waals surface area contributed by atoms with Gasteiger partial charge in [-0.15, -0.1) is 0 Å². The molecule has 0 aromatic heterocycles. The Kier molecular flexibility index (Phi) is 4.53. The maximum Gasteiger partial charge on any atom is 0.123 e. The second kappa shape index (κ2) is 5.85. The largest absolute Gasteiger partial charge is 0.390 e. The van der Waals surface area contributed by atoms with Crippen molar-refractivity contribution >= 4 is 0 Å². The van der Waals surface area contributed by atoms with E-state index < -0.39 is 5.60 Å². The zero-order valence-electron chi connectivity index (χ0n) is 13.0. The summed E-state index contributed by atoms with van der Waals surface area (Å²) in [6.07, 6.45) is 5.57. The molecule has 0 unspecified atom stereocenters. The normalized spacial score (nSPS) is 27.6. The molecule has 1 N–H and O–H groups in total. The van der Waals surface area contributed by atoms with E-state index in [2.05, 4.69) is 20.8 Å². The summed E-state index contributed by atoms with van der Waals surface area (Å²) in [5.74, 6) is 0.479. The Morgan fingerprint density at radius 2 is 1.95 bits per heavy atom. The van der Waals surface area contributed by atoms with Gasteiger partial charge in [-0.3, -0.25) is 0 Å².